The van der Waals surface area contributed by atoms with Crippen LogP contribution in [0.15, 0.2) is 0 Å². The maximum absolute atomic E-state index is 12.4. The molecular formula is C14H21N5O3. The number of fused-ring (bicyclic) bond motifs is 1. The number of aromatic amines is 1. The molecule has 0 bridgehead atoms. The molecule has 0 aliphatic carbocycles. The fourth-order valence-corrected chi connectivity index (χ4v) is 3.01. The van der Waals surface area contributed by atoms with Gasteiger partial charge < -0.3 is 20.3 Å². The van der Waals surface area contributed by atoms with E-state index in [9.17, 15) is 9.59 Å². The highest BCUT2D eigenvalue weighted by Crippen LogP contribution is 2.30. The van der Waals surface area contributed by atoms with E-state index >= 15 is 0 Å². The number of ether oxygens (including phenoxy) is 1. The summed E-state index contributed by atoms with van der Waals surface area (Å²) in [4.78, 5) is 25.4. The standard InChI is InChI=1S/C14H21N5O3/c1-7-4-10-11(8(2)22-7)17-18-12(10)13(20)16-9-5-19(6-9)14(21)15-3/h7-9H,4-6H2,1-3H3,(H,15,21)(H,16,20)(H,17,18)/t7-,8+/m0/s1. The van der Waals surface area contributed by atoms with Crippen LogP contribution in [0, 0.1) is 0 Å². The van der Waals surface area contributed by atoms with Crippen molar-refractivity contribution in [3.8, 4) is 0 Å². The maximum atomic E-state index is 12.4. The minimum atomic E-state index is -0.194. The van der Waals surface area contributed by atoms with E-state index in [1.54, 1.807) is 11.9 Å². The van der Waals surface area contributed by atoms with Gasteiger partial charge in [0, 0.05) is 32.1 Å². The van der Waals surface area contributed by atoms with E-state index in [-0.39, 0.29) is 30.2 Å². The lowest BCUT2D eigenvalue weighted by molar-refractivity contribution is -0.00698. The van der Waals surface area contributed by atoms with E-state index in [2.05, 4.69) is 20.8 Å². The van der Waals surface area contributed by atoms with Crippen LogP contribution in [0.25, 0.3) is 0 Å². The van der Waals surface area contributed by atoms with Crippen LogP contribution >= 0.6 is 0 Å². The van der Waals surface area contributed by atoms with Crippen LogP contribution in [0.2, 0.25) is 0 Å². The zero-order valence-electron chi connectivity index (χ0n) is 13.0. The number of likely N-dealkylation sites (tertiary alicyclic amines) is 1. The van der Waals surface area contributed by atoms with Gasteiger partial charge >= 0.3 is 6.03 Å². The molecule has 22 heavy (non-hydrogen) atoms. The van der Waals surface area contributed by atoms with Crippen molar-refractivity contribution >= 4 is 11.9 Å². The Balaban J connectivity index is 1.64. The number of aromatic nitrogens is 2. The molecule has 1 fully saturated rings. The monoisotopic (exact) mass is 307 g/mol. The van der Waals surface area contributed by atoms with Gasteiger partial charge in [-0.05, 0) is 13.8 Å². The fraction of sp³-hybridized carbons (Fsp3) is 0.643. The summed E-state index contributed by atoms with van der Waals surface area (Å²) in [6.45, 7) is 4.98. The third-order valence-electron chi connectivity index (χ3n) is 4.17. The number of carbonyl (C=O) groups excluding carboxylic acids is 2. The zero-order valence-corrected chi connectivity index (χ0v) is 13.0. The third-order valence-corrected chi connectivity index (χ3v) is 4.17. The van der Waals surface area contributed by atoms with Gasteiger partial charge in [0.2, 0.25) is 0 Å². The van der Waals surface area contributed by atoms with Crippen molar-refractivity contribution in [2.24, 2.45) is 0 Å². The van der Waals surface area contributed by atoms with Crippen LogP contribution in [-0.2, 0) is 11.2 Å². The Morgan fingerprint density at radius 2 is 2.09 bits per heavy atom. The Morgan fingerprint density at radius 1 is 1.36 bits per heavy atom. The van der Waals surface area contributed by atoms with E-state index in [0.717, 1.165) is 11.3 Å². The number of hydrogen-bond acceptors (Lipinski definition) is 4. The number of urea groups is 1. The first kappa shape index (κ1) is 14.8. The Morgan fingerprint density at radius 3 is 2.77 bits per heavy atom. The summed E-state index contributed by atoms with van der Waals surface area (Å²) >= 11 is 0. The van der Waals surface area contributed by atoms with Gasteiger partial charge in [-0.2, -0.15) is 5.10 Å². The van der Waals surface area contributed by atoms with Crippen molar-refractivity contribution in [2.45, 2.75) is 38.5 Å². The fourth-order valence-electron chi connectivity index (χ4n) is 3.01. The maximum Gasteiger partial charge on any atom is 0.317 e. The van der Waals surface area contributed by atoms with Gasteiger partial charge in [0.25, 0.3) is 5.91 Å². The third kappa shape index (κ3) is 2.54. The average molecular weight is 307 g/mol. The normalized spacial score (nSPS) is 24.4. The summed E-state index contributed by atoms with van der Waals surface area (Å²) in [5.41, 5.74) is 2.26. The number of nitrogens with one attached hydrogen (secondary N) is 3. The molecule has 2 aliphatic heterocycles. The van der Waals surface area contributed by atoms with E-state index in [0.29, 0.717) is 25.2 Å². The predicted molar refractivity (Wildman–Crippen MR) is 78.5 cm³/mol. The van der Waals surface area contributed by atoms with Gasteiger partial charge in [0.1, 0.15) is 0 Å². The van der Waals surface area contributed by atoms with Gasteiger partial charge in [0.15, 0.2) is 5.69 Å². The molecule has 8 nitrogen and oxygen atoms in total. The minimum Gasteiger partial charge on any atom is -0.369 e. The second kappa shape index (κ2) is 5.60. The predicted octanol–water partition coefficient (Wildman–Crippen LogP) is 0.185. The van der Waals surface area contributed by atoms with Crippen molar-refractivity contribution in [2.75, 3.05) is 20.1 Å². The summed E-state index contributed by atoms with van der Waals surface area (Å²) in [6.07, 6.45) is 0.660. The number of carbonyl (C=O) groups is 2. The highest BCUT2D eigenvalue weighted by atomic mass is 16.5. The molecule has 1 saturated heterocycles. The molecule has 120 valence electrons. The van der Waals surface area contributed by atoms with Gasteiger partial charge in [-0.15, -0.1) is 0 Å². The second-order valence-electron chi connectivity index (χ2n) is 5.89. The first-order chi connectivity index (χ1) is 10.5. The molecule has 3 heterocycles. The Bertz CT molecular complexity index is 593. The molecule has 1 aromatic rings. The van der Waals surface area contributed by atoms with Gasteiger partial charge in [-0.25, -0.2) is 4.79 Å². The van der Waals surface area contributed by atoms with E-state index in [4.69, 9.17) is 4.74 Å². The Labute approximate surface area is 128 Å². The average Bonchev–Trinajstić information content (AvgIpc) is 2.85. The highest BCUT2D eigenvalue weighted by Gasteiger charge is 2.34. The molecule has 3 amide bonds. The van der Waals surface area contributed by atoms with Crippen molar-refractivity contribution in [3.05, 3.63) is 17.0 Å². The molecular weight excluding hydrogens is 286 g/mol. The van der Waals surface area contributed by atoms with Crippen LogP contribution in [0.3, 0.4) is 0 Å². The Hall–Kier alpha value is -2.09. The molecule has 3 rings (SSSR count). The summed E-state index contributed by atoms with van der Waals surface area (Å²) in [5, 5.41) is 12.6. The zero-order chi connectivity index (χ0) is 15.9. The van der Waals surface area contributed by atoms with E-state index in [1.807, 2.05) is 13.8 Å². The quantitative estimate of drug-likeness (QED) is 0.726. The summed E-state index contributed by atoms with van der Waals surface area (Å²) < 4.78 is 5.72. The van der Waals surface area contributed by atoms with E-state index in [1.165, 1.54) is 0 Å². The lowest BCUT2D eigenvalue weighted by Crippen LogP contribution is -2.62. The van der Waals surface area contributed by atoms with Gasteiger partial charge in [0.05, 0.1) is 23.9 Å². The second-order valence-corrected chi connectivity index (χ2v) is 5.89. The smallest absolute Gasteiger partial charge is 0.317 e. The molecule has 8 heteroatoms. The van der Waals surface area contributed by atoms with Crippen molar-refractivity contribution in [1.82, 2.24) is 25.7 Å². The molecule has 0 spiro atoms. The number of rotatable bonds is 2. The molecule has 0 aromatic carbocycles. The van der Waals surface area contributed by atoms with Crippen LogP contribution in [0.1, 0.15) is 41.7 Å². The summed E-state index contributed by atoms with van der Waals surface area (Å²) in [6, 6.07) is -0.144. The first-order valence-corrected chi connectivity index (χ1v) is 7.49. The van der Waals surface area contributed by atoms with Crippen LogP contribution in [-0.4, -0.2) is 59.3 Å². The summed E-state index contributed by atoms with van der Waals surface area (Å²) in [7, 11) is 1.59. The SMILES string of the molecule is CNC(=O)N1CC(NC(=O)c2n[nH]c3c2C[C@H](C)O[C@@H]3C)C1. The number of nitrogens with zero attached hydrogens (tertiary/aromatic N) is 2. The number of amides is 3. The number of hydrogen-bond donors (Lipinski definition) is 3. The molecule has 0 saturated carbocycles. The molecule has 1 aromatic heterocycles. The molecule has 0 unspecified atom stereocenters. The van der Waals surface area contributed by atoms with Crippen molar-refractivity contribution in [3.63, 3.8) is 0 Å². The van der Waals surface area contributed by atoms with Crippen molar-refractivity contribution < 1.29 is 14.3 Å². The Kier molecular flexibility index (Phi) is 3.78. The lowest BCUT2D eigenvalue weighted by Gasteiger charge is -2.39. The summed E-state index contributed by atoms with van der Waals surface area (Å²) in [5.74, 6) is -0.194. The topological polar surface area (TPSA) is 99.4 Å². The highest BCUT2D eigenvalue weighted by molar-refractivity contribution is 5.94. The van der Waals surface area contributed by atoms with Crippen LogP contribution in [0.4, 0.5) is 4.79 Å². The number of H-pyrrole nitrogens is 1. The van der Waals surface area contributed by atoms with Crippen LogP contribution < -0.4 is 10.6 Å². The lowest BCUT2D eigenvalue weighted by atomic mass is 9.99. The van der Waals surface area contributed by atoms with Gasteiger partial charge in [-0.3, -0.25) is 9.89 Å². The van der Waals surface area contributed by atoms with Gasteiger partial charge in [-0.1, -0.05) is 0 Å². The first-order valence-electron chi connectivity index (χ1n) is 7.49. The molecule has 2 atom stereocenters. The van der Waals surface area contributed by atoms with Crippen molar-refractivity contribution in [1.29, 1.82) is 0 Å². The minimum absolute atomic E-state index is 0.0214. The van der Waals surface area contributed by atoms with E-state index < -0.39 is 0 Å². The van der Waals surface area contributed by atoms with Crippen LogP contribution in [0.5, 0.6) is 0 Å². The largest absolute Gasteiger partial charge is 0.369 e. The molecule has 3 N–H and O–H groups in total. The molecule has 0 radical (unpaired) electrons. The molecule has 2 aliphatic rings.